The number of benzene rings is 1. The van der Waals surface area contributed by atoms with Crippen molar-refractivity contribution >= 4 is 22.5 Å². The second-order valence-electron chi connectivity index (χ2n) is 5.11. The van der Waals surface area contributed by atoms with E-state index in [0.717, 1.165) is 39.7 Å². The third-order valence-electron chi connectivity index (χ3n) is 3.60. The van der Waals surface area contributed by atoms with Gasteiger partial charge in [0.2, 0.25) is 0 Å². The van der Waals surface area contributed by atoms with E-state index in [1.807, 2.05) is 32.2 Å². The van der Waals surface area contributed by atoms with E-state index in [0.29, 0.717) is 13.2 Å². The van der Waals surface area contributed by atoms with Crippen LogP contribution in [-0.4, -0.2) is 33.0 Å². The molecule has 7 heteroatoms. The maximum atomic E-state index is 5.60. The highest BCUT2D eigenvalue weighted by molar-refractivity contribution is 5.91. The quantitative estimate of drug-likeness (QED) is 0.781. The molecule has 0 atom stereocenters. The monoisotopic (exact) mass is 297 g/mol. The number of ether oxygens (including phenoxy) is 2. The molecule has 0 saturated carbocycles. The lowest BCUT2D eigenvalue weighted by Crippen LogP contribution is -2.15. The van der Waals surface area contributed by atoms with Gasteiger partial charge in [-0.15, -0.1) is 0 Å². The first kappa shape index (κ1) is 12.9. The molecule has 0 spiro atoms. The van der Waals surface area contributed by atoms with E-state index >= 15 is 0 Å². The number of nitrogens with zero attached hydrogens (tertiary/aromatic N) is 4. The molecule has 4 rings (SSSR count). The molecule has 0 fully saturated rings. The zero-order chi connectivity index (χ0) is 15.1. The number of aryl methyl sites for hydroxylation is 2. The molecule has 0 aliphatic carbocycles. The van der Waals surface area contributed by atoms with Crippen molar-refractivity contribution in [2.45, 2.75) is 6.92 Å². The fraction of sp³-hybridized carbons (Fsp3) is 0.267. The smallest absolute Gasteiger partial charge is 0.163 e. The van der Waals surface area contributed by atoms with Gasteiger partial charge in [-0.05, 0) is 19.1 Å². The van der Waals surface area contributed by atoms with Gasteiger partial charge >= 0.3 is 0 Å². The number of aromatic nitrogens is 4. The van der Waals surface area contributed by atoms with Crippen LogP contribution in [0.15, 0.2) is 24.5 Å². The van der Waals surface area contributed by atoms with Crippen molar-refractivity contribution in [1.29, 1.82) is 0 Å². The predicted octanol–water partition coefficient (Wildman–Crippen LogP) is 2.19. The SMILES string of the molecule is Cc1nn(C)c2ncnc(Nc3ccc4c(c3)OCCO4)c12. The summed E-state index contributed by atoms with van der Waals surface area (Å²) in [5, 5.41) is 8.62. The van der Waals surface area contributed by atoms with E-state index in [1.165, 1.54) is 6.33 Å². The molecule has 112 valence electrons. The van der Waals surface area contributed by atoms with Crippen LogP contribution in [-0.2, 0) is 7.05 Å². The van der Waals surface area contributed by atoms with Crippen molar-refractivity contribution in [3.63, 3.8) is 0 Å². The molecule has 1 aliphatic rings. The van der Waals surface area contributed by atoms with Gasteiger partial charge in [0.05, 0.1) is 11.1 Å². The molecular weight excluding hydrogens is 282 g/mol. The van der Waals surface area contributed by atoms with Crippen LogP contribution in [0.4, 0.5) is 11.5 Å². The van der Waals surface area contributed by atoms with E-state index in [2.05, 4.69) is 20.4 Å². The molecule has 0 unspecified atom stereocenters. The third-order valence-corrected chi connectivity index (χ3v) is 3.60. The van der Waals surface area contributed by atoms with Gasteiger partial charge in [-0.2, -0.15) is 5.10 Å². The van der Waals surface area contributed by atoms with Crippen LogP contribution in [0.1, 0.15) is 5.69 Å². The zero-order valence-corrected chi connectivity index (χ0v) is 12.3. The Morgan fingerprint density at radius 3 is 2.82 bits per heavy atom. The first-order valence-corrected chi connectivity index (χ1v) is 7.03. The first-order chi connectivity index (χ1) is 10.7. The standard InChI is InChI=1S/C15H15N5O2/c1-9-13-14(16-8-17-15(13)20(2)19-9)18-10-3-4-11-12(7-10)22-6-5-21-11/h3-4,7-8H,5-6H2,1-2H3,(H,16,17,18). The molecule has 7 nitrogen and oxygen atoms in total. The summed E-state index contributed by atoms with van der Waals surface area (Å²) < 4.78 is 12.9. The van der Waals surface area contributed by atoms with Gasteiger partial charge in [-0.3, -0.25) is 4.68 Å². The van der Waals surface area contributed by atoms with E-state index in [9.17, 15) is 0 Å². The Bertz CT molecular complexity index is 859. The maximum Gasteiger partial charge on any atom is 0.163 e. The van der Waals surface area contributed by atoms with Gasteiger partial charge in [0, 0.05) is 18.8 Å². The van der Waals surface area contributed by atoms with Gasteiger partial charge in [-0.1, -0.05) is 0 Å². The van der Waals surface area contributed by atoms with Crippen LogP contribution in [0, 0.1) is 6.92 Å². The molecule has 0 radical (unpaired) electrons. The lowest BCUT2D eigenvalue weighted by molar-refractivity contribution is 0.171. The van der Waals surface area contributed by atoms with Gasteiger partial charge in [0.1, 0.15) is 25.4 Å². The summed E-state index contributed by atoms with van der Waals surface area (Å²) in [6, 6.07) is 5.74. The van der Waals surface area contributed by atoms with Crippen LogP contribution in [0.25, 0.3) is 11.0 Å². The fourth-order valence-corrected chi connectivity index (χ4v) is 2.63. The van der Waals surface area contributed by atoms with Crippen molar-refractivity contribution in [1.82, 2.24) is 19.7 Å². The summed E-state index contributed by atoms with van der Waals surface area (Å²) in [6.07, 6.45) is 1.53. The number of nitrogens with one attached hydrogen (secondary N) is 1. The number of hydrogen-bond donors (Lipinski definition) is 1. The van der Waals surface area contributed by atoms with Gasteiger partial charge in [0.25, 0.3) is 0 Å². The van der Waals surface area contributed by atoms with Gasteiger partial charge in [-0.25, -0.2) is 9.97 Å². The van der Waals surface area contributed by atoms with E-state index in [4.69, 9.17) is 9.47 Å². The minimum absolute atomic E-state index is 0.565. The Balaban J connectivity index is 1.75. The van der Waals surface area contributed by atoms with Crippen LogP contribution >= 0.6 is 0 Å². The average molecular weight is 297 g/mol. The number of rotatable bonds is 2. The summed E-state index contributed by atoms with van der Waals surface area (Å²) in [4.78, 5) is 8.62. The molecular formula is C15H15N5O2. The fourth-order valence-electron chi connectivity index (χ4n) is 2.63. The topological polar surface area (TPSA) is 74.1 Å². The van der Waals surface area contributed by atoms with Crippen LogP contribution in [0.5, 0.6) is 11.5 Å². The largest absolute Gasteiger partial charge is 0.486 e. The van der Waals surface area contributed by atoms with Crippen molar-refractivity contribution < 1.29 is 9.47 Å². The molecule has 3 heterocycles. The maximum absolute atomic E-state index is 5.60. The average Bonchev–Trinajstić information content (AvgIpc) is 2.83. The molecule has 2 aromatic heterocycles. The van der Waals surface area contributed by atoms with Crippen LogP contribution in [0.2, 0.25) is 0 Å². The predicted molar refractivity (Wildman–Crippen MR) is 81.8 cm³/mol. The summed E-state index contributed by atoms with van der Waals surface area (Å²) in [5.74, 6) is 2.24. The highest BCUT2D eigenvalue weighted by Gasteiger charge is 2.15. The normalized spacial score (nSPS) is 13.4. The van der Waals surface area contributed by atoms with Crippen LogP contribution in [0.3, 0.4) is 0 Å². The molecule has 1 aromatic carbocycles. The molecule has 1 N–H and O–H groups in total. The Labute approximate surface area is 126 Å². The van der Waals surface area contributed by atoms with Crippen molar-refractivity contribution in [3.05, 3.63) is 30.2 Å². The molecule has 22 heavy (non-hydrogen) atoms. The minimum Gasteiger partial charge on any atom is -0.486 e. The van der Waals surface area contributed by atoms with E-state index < -0.39 is 0 Å². The highest BCUT2D eigenvalue weighted by atomic mass is 16.6. The van der Waals surface area contributed by atoms with Crippen LogP contribution < -0.4 is 14.8 Å². The second-order valence-corrected chi connectivity index (χ2v) is 5.11. The Morgan fingerprint density at radius 1 is 1.14 bits per heavy atom. The van der Waals surface area contributed by atoms with E-state index in [-0.39, 0.29) is 0 Å². The second kappa shape index (κ2) is 4.87. The minimum atomic E-state index is 0.565. The van der Waals surface area contributed by atoms with Crippen molar-refractivity contribution in [2.75, 3.05) is 18.5 Å². The lowest BCUT2D eigenvalue weighted by atomic mass is 10.2. The van der Waals surface area contributed by atoms with Crippen molar-refractivity contribution in [2.24, 2.45) is 7.05 Å². The van der Waals surface area contributed by atoms with Crippen molar-refractivity contribution in [3.8, 4) is 11.5 Å². The third kappa shape index (κ3) is 2.02. The molecule has 1 aliphatic heterocycles. The molecule has 0 amide bonds. The van der Waals surface area contributed by atoms with Gasteiger partial charge < -0.3 is 14.8 Å². The summed E-state index contributed by atoms with van der Waals surface area (Å²) in [6.45, 7) is 3.10. The molecule has 3 aromatic rings. The number of fused-ring (bicyclic) bond motifs is 2. The van der Waals surface area contributed by atoms with E-state index in [1.54, 1.807) is 4.68 Å². The Morgan fingerprint density at radius 2 is 1.95 bits per heavy atom. The van der Waals surface area contributed by atoms with Gasteiger partial charge in [0.15, 0.2) is 17.1 Å². The summed E-state index contributed by atoms with van der Waals surface area (Å²) in [7, 11) is 1.87. The lowest BCUT2D eigenvalue weighted by Gasteiger charge is -2.19. The number of hydrogen-bond acceptors (Lipinski definition) is 6. The highest BCUT2D eigenvalue weighted by Crippen LogP contribution is 2.34. The molecule has 0 saturated heterocycles. The Hall–Kier alpha value is -2.83. The zero-order valence-electron chi connectivity index (χ0n) is 12.3. The summed E-state index contributed by atoms with van der Waals surface area (Å²) in [5.41, 5.74) is 2.57. The first-order valence-electron chi connectivity index (χ1n) is 7.03. The number of anilines is 2. The Kier molecular flexibility index (Phi) is 2.85. The summed E-state index contributed by atoms with van der Waals surface area (Å²) >= 11 is 0. The molecule has 0 bridgehead atoms.